The second-order valence-electron chi connectivity index (χ2n) is 3.43. The van der Waals surface area contributed by atoms with Crippen LogP contribution >= 0.6 is 27.7 Å². The average Bonchev–Trinajstić information content (AvgIpc) is 2.77. The van der Waals surface area contributed by atoms with Gasteiger partial charge in [-0.3, -0.25) is 0 Å². The van der Waals surface area contributed by atoms with Crippen LogP contribution in [0.25, 0.3) is 11.1 Å². The van der Waals surface area contributed by atoms with Gasteiger partial charge in [-0.15, -0.1) is 0 Å². The molecule has 0 bridgehead atoms. The minimum atomic E-state index is 0.392. The van der Waals surface area contributed by atoms with Gasteiger partial charge in [-0.2, -0.15) is 0 Å². The largest absolute Gasteiger partial charge is 0.431 e. The summed E-state index contributed by atoms with van der Waals surface area (Å²) in [7, 11) is 0. The van der Waals surface area contributed by atoms with Gasteiger partial charge in [0.2, 0.25) is 0 Å². The lowest BCUT2D eigenvalue weighted by Gasteiger charge is -2.00. The van der Waals surface area contributed by atoms with Crippen molar-refractivity contribution in [3.05, 3.63) is 35.1 Å². The number of rotatable bonds is 2. The third-order valence-electron chi connectivity index (χ3n) is 2.24. The Hall–Kier alpha value is -1.60. The first-order valence-corrected chi connectivity index (χ1v) is 6.64. The highest BCUT2D eigenvalue weighted by Crippen LogP contribution is 2.34. The molecule has 0 aliphatic heterocycles. The fourth-order valence-electron chi connectivity index (χ4n) is 1.41. The number of benzene rings is 1. The van der Waals surface area contributed by atoms with Crippen molar-refractivity contribution in [2.24, 2.45) is 0 Å². The summed E-state index contributed by atoms with van der Waals surface area (Å²) in [5.74, 6) is 0.392. The van der Waals surface area contributed by atoms with Gasteiger partial charge in [0.25, 0.3) is 5.22 Å². The molecule has 0 saturated heterocycles. The predicted molar refractivity (Wildman–Crippen MR) is 72.3 cm³/mol. The van der Waals surface area contributed by atoms with Crippen molar-refractivity contribution >= 4 is 44.6 Å². The van der Waals surface area contributed by atoms with E-state index in [4.69, 9.17) is 10.2 Å². The Morgan fingerprint density at radius 3 is 2.89 bits per heavy atom. The number of para-hydroxylation sites is 2. The number of hydrogen-bond acceptors (Lipinski definition) is 6. The summed E-state index contributed by atoms with van der Waals surface area (Å²) in [6.45, 7) is 0. The lowest BCUT2D eigenvalue weighted by atomic mass is 10.3. The molecule has 2 aromatic heterocycles. The summed E-state index contributed by atoms with van der Waals surface area (Å²) in [4.78, 5) is 12.4. The molecule has 0 saturated carbocycles. The minimum absolute atomic E-state index is 0.392. The zero-order valence-corrected chi connectivity index (χ0v) is 11.4. The van der Waals surface area contributed by atoms with Crippen molar-refractivity contribution in [1.29, 1.82) is 0 Å². The van der Waals surface area contributed by atoms with Gasteiger partial charge in [-0.25, -0.2) is 15.0 Å². The first-order chi connectivity index (χ1) is 8.74. The zero-order valence-electron chi connectivity index (χ0n) is 9.00. The molecule has 1 aromatic carbocycles. The Kier molecular flexibility index (Phi) is 2.92. The summed E-state index contributed by atoms with van der Waals surface area (Å²) in [5, 5.41) is 1.20. The minimum Gasteiger partial charge on any atom is -0.431 e. The Labute approximate surface area is 115 Å². The summed E-state index contributed by atoms with van der Waals surface area (Å²) in [6, 6.07) is 7.58. The molecule has 0 aliphatic rings. The summed E-state index contributed by atoms with van der Waals surface area (Å²) in [5.41, 5.74) is 7.25. The molecular weight excluding hydrogens is 316 g/mol. The molecule has 18 heavy (non-hydrogen) atoms. The van der Waals surface area contributed by atoms with Crippen molar-refractivity contribution in [3.63, 3.8) is 0 Å². The first-order valence-electron chi connectivity index (χ1n) is 5.03. The van der Waals surface area contributed by atoms with E-state index in [1.807, 2.05) is 24.3 Å². The van der Waals surface area contributed by atoms with Crippen LogP contribution in [0.2, 0.25) is 0 Å². The normalized spacial score (nSPS) is 10.9. The number of halogens is 1. The molecule has 90 valence electrons. The van der Waals surface area contributed by atoms with Crippen LogP contribution in [-0.4, -0.2) is 15.0 Å². The molecule has 0 unspecified atom stereocenters. The van der Waals surface area contributed by atoms with Gasteiger partial charge in [-0.05, 0) is 39.8 Å². The van der Waals surface area contributed by atoms with E-state index in [-0.39, 0.29) is 0 Å². The topological polar surface area (TPSA) is 77.8 Å². The molecule has 0 spiro atoms. The van der Waals surface area contributed by atoms with Crippen LogP contribution in [0.3, 0.4) is 0 Å². The molecule has 3 aromatic rings. The standard InChI is InChI=1S/C11H7BrN4OS/c12-8-9(13)14-5-15-10(8)18-11-16-6-3-1-2-4-7(6)17-11/h1-5H,(H2,13,14,15). The van der Waals surface area contributed by atoms with E-state index in [2.05, 4.69) is 30.9 Å². The zero-order chi connectivity index (χ0) is 12.5. The van der Waals surface area contributed by atoms with E-state index in [9.17, 15) is 0 Å². The Balaban J connectivity index is 1.99. The van der Waals surface area contributed by atoms with Crippen LogP contribution in [0.1, 0.15) is 0 Å². The summed E-state index contributed by atoms with van der Waals surface area (Å²) in [6.07, 6.45) is 1.41. The Bertz CT molecular complexity index is 682. The quantitative estimate of drug-likeness (QED) is 0.730. The molecule has 2 N–H and O–H groups in total. The molecule has 2 heterocycles. The van der Waals surface area contributed by atoms with Gasteiger partial charge in [0, 0.05) is 0 Å². The number of nitrogens with two attached hydrogens (primary N) is 1. The molecular formula is C11H7BrN4OS. The number of anilines is 1. The van der Waals surface area contributed by atoms with Crippen LogP contribution in [-0.2, 0) is 0 Å². The molecule has 0 fully saturated rings. The van der Waals surface area contributed by atoms with Gasteiger partial charge in [0.05, 0.1) is 4.47 Å². The number of hydrogen-bond donors (Lipinski definition) is 1. The van der Waals surface area contributed by atoms with E-state index in [0.29, 0.717) is 20.5 Å². The third kappa shape index (κ3) is 2.06. The van der Waals surface area contributed by atoms with Crippen LogP contribution in [0.15, 0.2) is 49.7 Å². The lowest BCUT2D eigenvalue weighted by Crippen LogP contribution is -1.94. The van der Waals surface area contributed by atoms with Crippen LogP contribution in [0.4, 0.5) is 5.82 Å². The smallest absolute Gasteiger partial charge is 0.263 e. The number of nitrogens with zero attached hydrogens (tertiary/aromatic N) is 3. The maximum atomic E-state index is 5.69. The molecule has 3 rings (SSSR count). The van der Waals surface area contributed by atoms with Gasteiger partial charge >= 0.3 is 0 Å². The Morgan fingerprint density at radius 2 is 2.06 bits per heavy atom. The lowest BCUT2D eigenvalue weighted by molar-refractivity contribution is 0.489. The SMILES string of the molecule is Nc1ncnc(Sc2nc3ccccc3o2)c1Br. The summed E-state index contributed by atoms with van der Waals surface area (Å²) >= 11 is 4.64. The number of aromatic nitrogens is 3. The van der Waals surface area contributed by atoms with E-state index in [0.717, 1.165) is 11.1 Å². The fourth-order valence-corrected chi connectivity index (χ4v) is 2.60. The van der Waals surface area contributed by atoms with E-state index in [1.165, 1.54) is 18.1 Å². The maximum absolute atomic E-state index is 5.69. The molecule has 7 heteroatoms. The highest BCUT2D eigenvalue weighted by molar-refractivity contribution is 9.10. The van der Waals surface area contributed by atoms with Crippen molar-refractivity contribution in [1.82, 2.24) is 15.0 Å². The van der Waals surface area contributed by atoms with Gasteiger partial charge < -0.3 is 10.2 Å². The monoisotopic (exact) mass is 322 g/mol. The number of fused-ring (bicyclic) bond motifs is 1. The third-order valence-corrected chi connectivity index (χ3v) is 4.14. The predicted octanol–water partition coefficient (Wildman–Crippen LogP) is 3.11. The molecule has 0 aliphatic carbocycles. The highest BCUT2D eigenvalue weighted by Gasteiger charge is 2.12. The second kappa shape index (κ2) is 4.58. The van der Waals surface area contributed by atoms with E-state index >= 15 is 0 Å². The maximum Gasteiger partial charge on any atom is 0.263 e. The van der Waals surface area contributed by atoms with Crippen molar-refractivity contribution in [2.45, 2.75) is 10.2 Å². The van der Waals surface area contributed by atoms with Gasteiger partial charge in [0.1, 0.15) is 22.7 Å². The highest BCUT2D eigenvalue weighted by atomic mass is 79.9. The van der Waals surface area contributed by atoms with Crippen molar-refractivity contribution < 1.29 is 4.42 Å². The second-order valence-corrected chi connectivity index (χ2v) is 5.16. The Morgan fingerprint density at radius 1 is 1.22 bits per heavy atom. The van der Waals surface area contributed by atoms with E-state index < -0.39 is 0 Å². The first kappa shape index (κ1) is 11.5. The van der Waals surface area contributed by atoms with Crippen molar-refractivity contribution in [3.8, 4) is 0 Å². The van der Waals surface area contributed by atoms with Crippen LogP contribution in [0.5, 0.6) is 0 Å². The van der Waals surface area contributed by atoms with E-state index in [1.54, 1.807) is 0 Å². The van der Waals surface area contributed by atoms with Gasteiger partial charge in [0.15, 0.2) is 5.58 Å². The molecule has 0 atom stereocenters. The molecule has 0 radical (unpaired) electrons. The number of nitrogen functional groups attached to an aromatic ring is 1. The van der Waals surface area contributed by atoms with Crippen LogP contribution < -0.4 is 5.73 Å². The molecule has 0 amide bonds. The summed E-state index contributed by atoms with van der Waals surface area (Å²) < 4.78 is 6.25. The number of oxazole rings is 1. The average molecular weight is 323 g/mol. The van der Waals surface area contributed by atoms with Crippen molar-refractivity contribution in [2.75, 3.05) is 5.73 Å². The molecule has 5 nitrogen and oxygen atoms in total. The fraction of sp³-hybridized carbons (Fsp3) is 0. The van der Waals surface area contributed by atoms with Crippen LogP contribution in [0, 0.1) is 0 Å². The van der Waals surface area contributed by atoms with Gasteiger partial charge in [-0.1, -0.05) is 12.1 Å².